The van der Waals surface area contributed by atoms with Crippen molar-refractivity contribution < 1.29 is 14.6 Å². The molecule has 1 atom stereocenters. The molecule has 110 valence electrons. The molecule has 21 heavy (non-hydrogen) atoms. The summed E-state index contributed by atoms with van der Waals surface area (Å²) in [4.78, 5) is 28.2. The Kier molecular flexibility index (Phi) is 4.61. The maximum atomic E-state index is 12.5. The van der Waals surface area contributed by atoms with E-state index in [1.807, 2.05) is 0 Å². The summed E-state index contributed by atoms with van der Waals surface area (Å²) in [5.41, 5.74) is 0.289. The number of nitroso groups, excluding NO2 is 1. The Bertz CT molecular complexity index is 656. The summed E-state index contributed by atoms with van der Waals surface area (Å²) in [6.45, 7) is 1.45. The Labute approximate surface area is 124 Å². The van der Waals surface area contributed by atoms with E-state index < -0.39 is 6.29 Å². The van der Waals surface area contributed by atoms with Gasteiger partial charge in [0.25, 0.3) is 5.91 Å². The average molecular weight is 307 g/mol. The van der Waals surface area contributed by atoms with Crippen LogP contribution in [-0.4, -0.2) is 29.3 Å². The third-order valence-corrected chi connectivity index (χ3v) is 3.53. The number of thiazole rings is 1. The van der Waals surface area contributed by atoms with Crippen LogP contribution in [0.15, 0.2) is 35.6 Å². The average Bonchev–Trinajstić information content (AvgIpc) is 2.94. The second-order valence-corrected chi connectivity index (χ2v) is 5.14. The Morgan fingerprint density at radius 2 is 2.19 bits per heavy atom. The summed E-state index contributed by atoms with van der Waals surface area (Å²) in [6.07, 6.45) is 0.268. The number of aliphatic hydroxyl groups excluding tert-OH is 1. The number of amides is 1. The number of hydrogen-bond donors (Lipinski definition) is 1. The summed E-state index contributed by atoms with van der Waals surface area (Å²) < 4.78 is 5.20. The number of ether oxygens (including phenoxy) is 1. The van der Waals surface area contributed by atoms with Gasteiger partial charge in [0.2, 0.25) is 0 Å². The molecule has 1 unspecified atom stereocenters. The van der Waals surface area contributed by atoms with Gasteiger partial charge in [0, 0.05) is 7.05 Å². The van der Waals surface area contributed by atoms with Gasteiger partial charge in [-0.2, -0.15) is 0 Å². The first-order valence-electron chi connectivity index (χ1n) is 6.04. The molecule has 1 aromatic carbocycles. The van der Waals surface area contributed by atoms with E-state index in [1.54, 1.807) is 24.3 Å². The molecule has 0 fully saturated rings. The predicted octanol–water partition coefficient (Wildman–Crippen LogP) is 2.53. The van der Waals surface area contributed by atoms with E-state index in [1.165, 1.54) is 25.1 Å². The minimum absolute atomic E-state index is 0.193. The van der Waals surface area contributed by atoms with Crippen molar-refractivity contribution in [3.05, 3.63) is 40.9 Å². The predicted molar refractivity (Wildman–Crippen MR) is 79.1 cm³/mol. The fourth-order valence-corrected chi connectivity index (χ4v) is 2.31. The molecule has 0 radical (unpaired) electrons. The number of hydrogen-bond acceptors (Lipinski definition) is 7. The largest absolute Gasteiger partial charge is 0.465 e. The second kappa shape index (κ2) is 6.42. The van der Waals surface area contributed by atoms with Crippen LogP contribution >= 0.6 is 11.3 Å². The van der Waals surface area contributed by atoms with Gasteiger partial charge in [-0.15, -0.1) is 4.91 Å². The molecule has 7 nitrogen and oxygen atoms in total. The lowest BCUT2D eigenvalue weighted by Gasteiger charge is -2.17. The fraction of sp³-hybridized carbons (Fsp3) is 0.231. The van der Waals surface area contributed by atoms with Crippen LogP contribution in [0.2, 0.25) is 0 Å². The summed E-state index contributed by atoms with van der Waals surface area (Å²) >= 11 is 1.01. The normalized spacial score (nSPS) is 11.8. The van der Waals surface area contributed by atoms with Crippen LogP contribution in [0.4, 0.5) is 10.1 Å². The second-order valence-electron chi connectivity index (χ2n) is 4.15. The van der Waals surface area contributed by atoms with Crippen LogP contribution in [0.3, 0.4) is 0 Å². The number of aliphatic hydroxyl groups is 1. The van der Waals surface area contributed by atoms with Crippen molar-refractivity contribution in [1.82, 2.24) is 4.98 Å². The highest BCUT2D eigenvalue weighted by atomic mass is 32.1. The summed E-state index contributed by atoms with van der Waals surface area (Å²) in [6, 6.07) is 6.57. The van der Waals surface area contributed by atoms with Crippen LogP contribution in [0.1, 0.15) is 17.3 Å². The van der Waals surface area contributed by atoms with Crippen molar-refractivity contribution in [2.24, 2.45) is 5.18 Å². The van der Waals surface area contributed by atoms with Gasteiger partial charge in [-0.1, -0.05) is 23.5 Å². The van der Waals surface area contributed by atoms with Gasteiger partial charge < -0.3 is 9.84 Å². The lowest BCUT2D eigenvalue weighted by molar-refractivity contribution is -0.000763. The topological polar surface area (TPSA) is 92.1 Å². The molecule has 1 amide bonds. The van der Waals surface area contributed by atoms with Crippen molar-refractivity contribution in [1.29, 1.82) is 0 Å². The molecular weight excluding hydrogens is 294 g/mol. The summed E-state index contributed by atoms with van der Waals surface area (Å²) in [7, 11) is 1.54. The molecule has 0 spiro atoms. The maximum absolute atomic E-state index is 12.5. The highest BCUT2D eigenvalue weighted by Crippen LogP contribution is 2.30. The third kappa shape index (κ3) is 3.41. The standard InChI is InChI=1S/C13H13N3O4S/c1-8(17)20-10-6-4-3-5-9(10)12(18)16(2)13-14-7-11(15-19)21-13/h3-8,17H,1-2H3. The first-order chi connectivity index (χ1) is 10.0. The third-order valence-electron chi connectivity index (χ3n) is 2.58. The van der Waals surface area contributed by atoms with Gasteiger partial charge in [0.15, 0.2) is 16.4 Å². The van der Waals surface area contributed by atoms with Crippen molar-refractivity contribution in [3.63, 3.8) is 0 Å². The number of carbonyl (C=O) groups is 1. The Morgan fingerprint density at radius 1 is 1.48 bits per heavy atom. The number of rotatable bonds is 5. The minimum atomic E-state index is -1.03. The van der Waals surface area contributed by atoms with E-state index in [-0.39, 0.29) is 22.2 Å². The smallest absolute Gasteiger partial charge is 0.263 e. The quantitative estimate of drug-likeness (QED) is 0.677. The van der Waals surface area contributed by atoms with E-state index in [4.69, 9.17) is 4.74 Å². The number of nitrogens with zero attached hydrogens (tertiary/aromatic N) is 3. The molecule has 2 aromatic rings. The van der Waals surface area contributed by atoms with Gasteiger partial charge in [-0.05, 0) is 24.2 Å². The van der Waals surface area contributed by atoms with Crippen LogP contribution in [0, 0.1) is 4.91 Å². The summed E-state index contributed by atoms with van der Waals surface area (Å²) in [5, 5.41) is 12.6. The first-order valence-corrected chi connectivity index (χ1v) is 6.85. The highest BCUT2D eigenvalue weighted by molar-refractivity contribution is 7.19. The van der Waals surface area contributed by atoms with Gasteiger partial charge in [0.05, 0.1) is 11.8 Å². The van der Waals surface area contributed by atoms with E-state index in [9.17, 15) is 14.8 Å². The highest BCUT2D eigenvalue weighted by Gasteiger charge is 2.20. The molecule has 0 aliphatic heterocycles. The number of carbonyl (C=O) groups excluding carboxylic acids is 1. The minimum Gasteiger partial charge on any atom is -0.465 e. The molecule has 0 aliphatic rings. The van der Waals surface area contributed by atoms with E-state index in [2.05, 4.69) is 10.2 Å². The van der Waals surface area contributed by atoms with E-state index >= 15 is 0 Å². The van der Waals surface area contributed by atoms with Crippen molar-refractivity contribution >= 4 is 27.4 Å². The maximum Gasteiger partial charge on any atom is 0.263 e. The van der Waals surface area contributed by atoms with Gasteiger partial charge in [-0.3, -0.25) is 9.69 Å². The van der Waals surface area contributed by atoms with Crippen LogP contribution in [0.25, 0.3) is 0 Å². The zero-order valence-electron chi connectivity index (χ0n) is 11.4. The fourth-order valence-electron chi connectivity index (χ4n) is 1.65. The van der Waals surface area contributed by atoms with Crippen LogP contribution in [-0.2, 0) is 0 Å². The molecule has 0 bridgehead atoms. The summed E-state index contributed by atoms with van der Waals surface area (Å²) in [5.74, 6) is -0.0901. The van der Waals surface area contributed by atoms with Gasteiger partial charge in [0.1, 0.15) is 5.75 Å². The van der Waals surface area contributed by atoms with Crippen molar-refractivity contribution in [3.8, 4) is 5.75 Å². The first kappa shape index (κ1) is 15.1. The molecule has 0 saturated carbocycles. The van der Waals surface area contributed by atoms with Gasteiger partial charge in [-0.25, -0.2) is 4.98 Å². The van der Waals surface area contributed by atoms with Crippen LogP contribution < -0.4 is 9.64 Å². The van der Waals surface area contributed by atoms with E-state index in [0.717, 1.165) is 11.3 Å². The number of benzene rings is 1. The molecule has 0 aliphatic carbocycles. The number of anilines is 1. The Balaban J connectivity index is 2.28. The number of aromatic nitrogens is 1. The molecular formula is C13H13N3O4S. The monoisotopic (exact) mass is 307 g/mol. The molecule has 1 aromatic heterocycles. The molecule has 1 heterocycles. The molecule has 0 saturated heterocycles. The van der Waals surface area contributed by atoms with Gasteiger partial charge >= 0.3 is 0 Å². The zero-order chi connectivity index (χ0) is 15.4. The molecule has 2 rings (SSSR count). The zero-order valence-corrected chi connectivity index (χ0v) is 12.2. The number of para-hydroxylation sites is 1. The molecule has 8 heteroatoms. The van der Waals surface area contributed by atoms with E-state index in [0.29, 0.717) is 5.13 Å². The van der Waals surface area contributed by atoms with Crippen LogP contribution in [0.5, 0.6) is 5.75 Å². The van der Waals surface area contributed by atoms with Crippen molar-refractivity contribution in [2.75, 3.05) is 11.9 Å². The SMILES string of the molecule is CC(O)Oc1ccccc1C(=O)N(C)c1ncc(N=O)s1. The van der Waals surface area contributed by atoms with Crippen molar-refractivity contribution in [2.45, 2.75) is 13.2 Å². The molecule has 1 N–H and O–H groups in total. The Hall–Kier alpha value is -2.32. The lowest BCUT2D eigenvalue weighted by Crippen LogP contribution is -2.27. The lowest BCUT2D eigenvalue weighted by atomic mass is 10.2. The Morgan fingerprint density at radius 3 is 2.81 bits per heavy atom.